The molecule has 1 atom stereocenters. The highest BCUT2D eigenvalue weighted by molar-refractivity contribution is 5.85. The van der Waals surface area contributed by atoms with Crippen molar-refractivity contribution in [3.8, 4) is 0 Å². The quantitative estimate of drug-likeness (QED) is 0.316. The second kappa shape index (κ2) is 13.3. The fourth-order valence-electron chi connectivity index (χ4n) is 5.19. The standard InChI is InChI=1S/C25H49N3O2/c1-6-7-8-9-10-11-12-13-14-15-16-20(17-22(26)29)23(30)27-21-18-24(2,3)28-25(4,5)19-21/h20-21,28H,6-19H2,1-5H3,(H2,26,29)(H,27,30). The van der Waals surface area contributed by atoms with Crippen LogP contribution in [0.2, 0.25) is 0 Å². The smallest absolute Gasteiger partial charge is 0.223 e. The van der Waals surface area contributed by atoms with Gasteiger partial charge in [-0.05, 0) is 47.0 Å². The van der Waals surface area contributed by atoms with E-state index in [1.165, 1.54) is 51.4 Å². The van der Waals surface area contributed by atoms with Crippen molar-refractivity contribution >= 4 is 11.8 Å². The Labute approximate surface area is 185 Å². The van der Waals surface area contributed by atoms with Gasteiger partial charge >= 0.3 is 0 Å². The molecule has 5 nitrogen and oxygen atoms in total. The maximum Gasteiger partial charge on any atom is 0.223 e. The van der Waals surface area contributed by atoms with Gasteiger partial charge in [0.25, 0.3) is 0 Å². The van der Waals surface area contributed by atoms with E-state index in [-0.39, 0.29) is 41.3 Å². The molecular weight excluding hydrogens is 374 g/mol. The molecule has 1 aliphatic heterocycles. The summed E-state index contributed by atoms with van der Waals surface area (Å²) in [5.41, 5.74) is 5.40. The lowest BCUT2D eigenvalue weighted by molar-refractivity contribution is -0.130. The molecule has 0 aliphatic carbocycles. The van der Waals surface area contributed by atoms with Crippen molar-refractivity contribution in [3.05, 3.63) is 0 Å². The van der Waals surface area contributed by atoms with Crippen molar-refractivity contribution in [1.29, 1.82) is 0 Å². The van der Waals surface area contributed by atoms with Crippen LogP contribution in [0.4, 0.5) is 0 Å². The monoisotopic (exact) mass is 423 g/mol. The minimum absolute atomic E-state index is 0.00299. The number of hydrogen-bond donors (Lipinski definition) is 3. The van der Waals surface area contributed by atoms with E-state index in [2.05, 4.69) is 45.3 Å². The third-order valence-corrected chi connectivity index (χ3v) is 6.26. The Morgan fingerprint density at radius 2 is 1.37 bits per heavy atom. The number of carbonyl (C=O) groups is 2. The molecule has 1 heterocycles. The maximum absolute atomic E-state index is 12.9. The van der Waals surface area contributed by atoms with Crippen molar-refractivity contribution in [2.45, 2.75) is 142 Å². The minimum atomic E-state index is -0.381. The largest absolute Gasteiger partial charge is 0.370 e. The number of unbranched alkanes of at least 4 members (excludes halogenated alkanes) is 9. The number of rotatable bonds is 15. The average molecular weight is 424 g/mol. The molecule has 0 spiro atoms. The Balaban J connectivity index is 2.36. The van der Waals surface area contributed by atoms with Crippen molar-refractivity contribution in [2.24, 2.45) is 11.7 Å². The third kappa shape index (κ3) is 11.9. The maximum atomic E-state index is 12.9. The van der Waals surface area contributed by atoms with Crippen LogP contribution in [-0.4, -0.2) is 28.9 Å². The van der Waals surface area contributed by atoms with E-state index < -0.39 is 0 Å². The van der Waals surface area contributed by atoms with Crippen molar-refractivity contribution < 1.29 is 9.59 Å². The molecule has 5 heteroatoms. The minimum Gasteiger partial charge on any atom is -0.370 e. The van der Waals surface area contributed by atoms with Crippen LogP contribution in [0.1, 0.15) is 125 Å². The first-order chi connectivity index (χ1) is 14.0. The van der Waals surface area contributed by atoms with Crippen molar-refractivity contribution in [3.63, 3.8) is 0 Å². The molecule has 1 rings (SSSR count). The summed E-state index contributed by atoms with van der Waals surface area (Å²) in [5.74, 6) is -0.672. The van der Waals surface area contributed by atoms with Crippen LogP contribution in [0.15, 0.2) is 0 Å². The number of hydrogen-bond acceptors (Lipinski definition) is 3. The summed E-state index contributed by atoms with van der Waals surface area (Å²) in [6, 6.07) is 0.131. The highest BCUT2D eigenvalue weighted by Crippen LogP contribution is 2.29. The summed E-state index contributed by atoms with van der Waals surface area (Å²) in [7, 11) is 0. The van der Waals surface area contributed by atoms with Gasteiger partial charge in [-0.25, -0.2) is 0 Å². The number of amides is 2. The second-order valence-corrected chi connectivity index (χ2v) is 10.8. The van der Waals surface area contributed by atoms with E-state index in [4.69, 9.17) is 5.73 Å². The molecular formula is C25H49N3O2. The molecule has 0 aromatic rings. The summed E-state index contributed by atoms with van der Waals surface area (Å²) in [4.78, 5) is 24.4. The molecule has 4 N–H and O–H groups in total. The molecule has 30 heavy (non-hydrogen) atoms. The number of nitrogens with two attached hydrogens (primary N) is 1. The molecule has 1 aliphatic rings. The van der Waals surface area contributed by atoms with Crippen molar-refractivity contribution in [2.75, 3.05) is 0 Å². The fraction of sp³-hybridized carbons (Fsp3) is 0.920. The number of primary amides is 1. The number of piperidine rings is 1. The lowest BCUT2D eigenvalue weighted by Crippen LogP contribution is -2.62. The predicted octanol–water partition coefficient (Wildman–Crippen LogP) is 5.21. The second-order valence-electron chi connectivity index (χ2n) is 10.8. The molecule has 1 fully saturated rings. The molecule has 176 valence electrons. The van der Waals surface area contributed by atoms with Crippen molar-refractivity contribution in [1.82, 2.24) is 10.6 Å². The third-order valence-electron chi connectivity index (χ3n) is 6.26. The molecule has 0 bridgehead atoms. The fourth-order valence-corrected chi connectivity index (χ4v) is 5.19. The number of carbonyl (C=O) groups excluding carboxylic acids is 2. The Morgan fingerprint density at radius 1 is 0.900 bits per heavy atom. The predicted molar refractivity (Wildman–Crippen MR) is 126 cm³/mol. The summed E-state index contributed by atoms with van der Waals surface area (Å²) in [5, 5.41) is 6.88. The van der Waals surface area contributed by atoms with Crippen LogP contribution in [0, 0.1) is 5.92 Å². The van der Waals surface area contributed by atoms with E-state index >= 15 is 0 Å². The average Bonchev–Trinajstić information content (AvgIpc) is 2.59. The van der Waals surface area contributed by atoms with Gasteiger partial charge in [-0.3, -0.25) is 9.59 Å². The lowest BCUT2D eigenvalue weighted by atomic mass is 9.79. The zero-order valence-corrected chi connectivity index (χ0v) is 20.4. The van der Waals surface area contributed by atoms with Crippen LogP contribution >= 0.6 is 0 Å². The van der Waals surface area contributed by atoms with Crippen LogP contribution in [-0.2, 0) is 9.59 Å². The van der Waals surface area contributed by atoms with Gasteiger partial charge in [0.15, 0.2) is 0 Å². The van der Waals surface area contributed by atoms with Gasteiger partial charge in [0.05, 0.1) is 0 Å². The van der Waals surface area contributed by atoms with Gasteiger partial charge in [0.1, 0.15) is 0 Å². The Hall–Kier alpha value is -1.10. The summed E-state index contributed by atoms with van der Waals surface area (Å²) >= 11 is 0. The summed E-state index contributed by atoms with van der Waals surface area (Å²) < 4.78 is 0. The van der Waals surface area contributed by atoms with Gasteiger partial charge in [-0.2, -0.15) is 0 Å². The van der Waals surface area contributed by atoms with Gasteiger partial charge in [-0.1, -0.05) is 71.1 Å². The van der Waals surface area contributed by atoms with Gasteiger partial charge in [-0.15, -0.1) is 0 Å². The van der Waals surface area contributed by atoms with E-state index in [0.29, 0.717) is 0 Å². The first-order valence-corrected chi connectivity index (χ1v) is 12.4. The Morgan fingerprint density at radius 3 is 1.83 bits per heavy atom. The van der Waals surface area contributed by atoms with E-state index in [1.807, 2.05) is 0 Å². The number of nitrogens with one attached hydrogen (secondary N) is 2. The van der Waals surface area contributed by atoms with Gasteiger partial charge in [0.2, 0.25) is 11.8 Å². The molecule has 1 unspecified atom stereocenters. The first-order valence-electron chi connectivity index (χ1n) is 12.4. The Bertz CT molecular complexity index is 501. The zero-order valence-electron chi connectivity index (χ0n) is 20.4. The lowest BCUT2D eigenvalue weighted by Gasteiger charge is -2.46. The van der Waals surface area contributed by atoms with E-state index in [0.717, 1.165) is 32.1 Å². The molecule has 0 aromatic heterocycles. The molecule has 0 saturated carbocycles. The first kappa shape index (κ1) is 26.9. The topological polar surface area (TPSA) is 84.2 Å². The highest BCUT2D eigenvalue weighted by Gasteiger charge is 2.38. The Kier molecular flexibility index (Phi) is 12.0. The molecule has 2 amide bonds. The highest BCUT2D eigenvalue weighted by atomic mass is 16.2. The van der Waals surface area contributed by atoms with E-state index in [9.17, 15) is 9.59 Å². The van der Waals surface area contributed by atoms with Crippen LogP contribution in [0.5, 0.6) is 0 Å². The SMILES string of the molecule is CCCCCCCCCCCCC(CC(N)=O)C(=O)NC1CC(C)(C)NC(C)(C)C1. The van der Waals surface area contributed by atoms with Crippen LogP contribution < -0.4 is 16.4 Å². The van der Waals surface area contributed by atoms with E-state index in [1.54, 1.807) is 0 Å². The molecule has 0 aromatic carbocycles. The van der Waals surface area contributed by atoms with Crippen LogP contribution in [0.25, 0.3) is 0 Å². The summed E-state index contributed by atoms with van der Waals surface area (Å²) in [6.45, 7) is 11.0. The molecule has 1 saturated heterocycles. The molecule has 0 radical (unpaired) electrons. The van der Waals surface area contributed by atoms with Gasteiger partial charge < -0.3 is 16.4 Å². The normalized spacial score (nSPS) is 19.4. The van der Waals surface area contributed by atoms with Crippen LogP contribution in [0.3, 0.4) is 0 Å². The zero-order chi connectivity index (χ0) is 22.6. The van der Waals surface area contributed by atoms with Gasteiger partial charge in [0, 0.05) is 29.5 Å². The summed E-state index contributed by atoms with van der Waals surface area (Å²) in [6.07, 6.45) is 15.3.